The van der Waals surface area contributed by atoms with Crippen LogP contribution in [0.15, 0.2) is 12.1 Å². The summed E-state index contributed by atoms with van der Waals surface area (Å²) in [6.45, 7) is 2.91. The van der Waals surface area contributed by atoms with Gasteiger partial charge in [-0.3, -0.25) is 4.98 Å². The smallest absolute Gasteiger partial charge is 0.404 e. The van der Waals surface area contributed by atoms with Crippen molar-refractivity contribution in [1.29, 1.82) is 0 Å². The first-order valence-electron chi connectivity index (χ1n) is 4.88. The quantitative estimate of drug-likeness (QED) is 0.625. The van der Waals surface area contributed by atoms with Crippen LogP contribution in [0, 0.1) is 6.92 Å². The number of aromatic nitrogens is 1. The van der Waals surface area contributed by atoms with E-state index in [0.717, 1.165) is 5.69 Å². The van der Waals surface area contributed by atoms with Gasteiger partial charge < -0.3 is 20.9 Å². The summed E-state index contributed by atoms with van der Waals surface area (Å²) in [6.07, 6.45) is -0.793. The summed E-state index contributed by atoms with van der Waals surface area (Å²) >= 11 is 0. The standard InChI is InChI=1S/C10H15N3O3/c1-7-2-3-9(14)8(13-7)6-12-4-5-16-10(11)15/h2-3,12,14H,4-6H2,1H3,(H2,11,15). The van der Waals surface area contributed by atoms with Gasteiger partial charge in [-0.15, -0.1) is 0 Å². The lowest BCUT2D eigenvalue weighted by Gasteiger charge is -2.06. The number of nitrogens with one attached hydrogen (secondary N) is 1. The van der Waals surface area contributed by atoms with Gasteiger partial charge in [-0.1, -0.05) is 0 Å². The molecule has 0 fully saturated rings. The zero-order chi connectivity index (χ0) is 12.0. The monoisotopic (exact) mass is 225 g/mol. The van der Waals surface area contributed by atoms with E-state index in [2.05, 4.69) is 15.0 Å². The predicted octanol–water partition coefficient (Wildman–Crippen LogP) is 0.281. The van der Waals surface area contributed by atoms with Gasteiger partial charge in [0, 0.05) is 18.8 Å². The molecule has 0 saturated carbocycles. The van der Waals surface area contributed by atoms with Gasteiger partial charge >= 0.3 is 6.09 Å². The number of nitrogens with two attached hydrogens (primary N) is 1. The summed E-state index contributed by atoms with van der Waals surface area (Å²) in [5.74, 6) is 0.147. The maximum atomic E-state index is 10.3. The number of amides is 1. The molecule has 0 unspecified atom stereocenters. The van der Waals surface area contributed by atoms with Crippen molar-refractivity contribution in [2.45, 2.75) is 13.5 Å². The van der Waals surface area contributed by atoms with Crippen molar-refractivity contribution in [3.8, 4) is 5.75 Å². The molecule has 88 valence electrons. The molecule has 6 nitrogen and oxygen atoms in total. The Bertz CT molecular complexity index is 368. The Kier molecular flexibility index (Phi) is 4.53. The molecule has 1 amide bonds. The minimum absolute atomic E-state index is 0.147. The van der Waals surface area contributed by atoms with Crippen molar-refractivity contribution in [2.24, 2.45) is 5.73 Å². The SMILES string of the molecule is Cc1ccc(O)c(CNCCOC(N)=O)n1. The second-order valence-electron chi connectivity index (χ2n) is 3.26. The number of ether oxygens (including phenoxy) is 1. The first kappa shape index (κ1) is 12.3. The number of nitrogens with zero attached hydrogens (tertiary/aromatic N) is 1. The molecule has 1 rings (SSSR count). The van der Waals surface area contributed by atoms with Crippen molar-refractivity contribution in [3.05, 3.63) is 23.5 Å². The zero-order valence-corrected chi connectivity index (χ0v) is 9.06. The molecule has 0 aliphatic carbocycles. The number of carbonyl (C=O) groups excluding carboxylic acids is 1. The third kappa shape index (κ3) is 4.14. The van der Waals surface area contributed by atoms with Crippen LogP contribution in [0.25, 0.3) is 0 Å². The zero-order valence-electron chi connectivity index (χ0n) is 9.06. The average molecular weight is 225 g/mol. The van der Waals surface area contributed by atoms with E-state index in [-0.39, 0.29) is 12.4 Å². The van der Waals surface area contributed by atoms with E-state index in [1.54, 1.807) is 12.1 Å². The molecule has 4 N–H and O–H groups in total. The fourth-order valence-corrected chi connectivity index (χ4v) is 1.16. The summed E-state index contributed by atoms with van der Waals surface area (Å²) in [7, 11) is 0. The molecule has 1 aromatic heterocycles. The molecule has 1 aromatic rings. The Morgan fingerprint density at radius 1 is 1.62 bits per heavy atom. The summed E-state index contributed by atoms with van der Waals surface area (Å²) < 4.78 is 4.53. The fourth-order valence-electron chi connectivity index (χ4n) is 1.16. The molecule has 0 aliphatic heterocycles. The Labute approximate surface area is 93.4 Å². The normalized spacial score (nSPS) is 10.1. The number of carbonyl (C=O) groups is 1. The van der Waals surface area contributed by atoms with Gasteiger partial charge in [0.1, 0.15) is 12.4 Å². The third-order valence-electron chi connectivity index (χ3n) is 1.90. The van der Waals surface area contributed by atoms with Crippen LogP contribution in [-0.2, 0) is 11.3 Å². The first-order valence-corrected chi connectivity index (χ1v) is 4.88. The number of aromatic hydroxyl groups is 1. The lowest BCUT2D eigenvalue weighted by Crippen LogP contribution is -2.23. The van der Waals surface area contributed by atoms with Crippen LogP contribution in [0.5, 0.6) is 5.75 Å². The summed E-state index contributed by atoms with van der Waals surface area (Å²) in [6, 6.07) is 3.33. The number of rotatable bonds is 5. The van der Waals surface area contributed by atoms with E-state index in [9.17, 15) is 9.90 Å². The van der Waals surface area contributed by atoms with Gasteiger partial charge in [0.25, 0.3) is 0 Å². The summed E-state index contributed by atoms with van der Waals surface area (Å²) in [5, 5.41) is 12.4. The van der Waals surface area contributed by atoms with Gasteiger partial charge in [0.05, 0.1) is 5.69 Å². The van der Waals surface area contributed by atoms with Gasteiger partial charge in [0.15, 0.2) is 0 Å². The van der Waals surface area contributed by atoms with E-state index in [1.807, 2.05) is 6.92 Å². The van der Waals surface area contributed by atoms with Crippen LogP contribution < -0.4 is 11.1 Å². The number of aryl methyl sites for hydroxylation is 1. The topological polar surface area (TPSA) is 97.5 Å². The first-order chi connectivity index (χ1) is 7.59. The van der Waals surface area contributed by atoms with Crippen LogP contribution in [0.1, 0.15) is 11.4 Å². The van der Waals surface area contributed by atoms with Crippen molar-refractivity contribution in [1.82, 2.24) is 10.3 Å². The van der Waals surface area contributed by atoms with Crippen molar-refractivity contribution in [2.75, 3.05) is 13.2 Å². The van der Waals surface area contributed by atoms with Crippen LogP contribution in [0.2, 0.25) is 0 Å². The van der Waals surface area contributed by atoms with Gasteiger partial charge in [-0.2, -0.15) is 0 Å². The molecule has 0 atom stereocenters. The Morgan fingerprint density at radius 3 is 3.06 bits per heavy atom. The Balaban J connectivity index is 2.31. The largest absolute Gasteiger partial charge is 0.506 e. The summed E-state index contributed by atoms with van der Waals surface area (Å²) in [4.78, 5) is 14.4. The van der Waals surface area contributed by atoms with Crippen LogP contribution in [-0.4, -0.2) is 29.3 Å². The molecular formula is C10H15N3O3. The van der Waals surface area contributed by atoms with Crippen LogP contribution in [0.3, 0.4) is 0 Å². The maximum Gasteiger partial charge on any atom is 0.404 e. The predicted molar refractivity (Wildman–Crippen MR) is 57.9 cm³/mol. The third-order valence-corrected chi connectivity index (χ3v) is 1.90. The molecule has 0 bridgehead atoms. The van der Waals surface area contributed by atoms with E-state index in [0.29, 0.717) is 18.8 Å². The number of pyridine rings is 1. The number of hydrogen-bond acceptors (Lipinski definition) is 5. The van der Waals surface area contributed by atoms with E-state index in [4.69, 9.17) is 5.73 Å². The van der Waals surface area contributed by atoms with Crippen LogP contribution >= 0.6 is 0 Å². The van der Waals surface area contributed by atoms with Gasteiger partial charge in [-0.05, 0) is 19.1 Å². The second-order valence-corrected chi connectivity index (χ2v) is 3.26. The Hall–Kier alpha value is -1.82. The Morgan fingerprint density at radius 2 is 2.38 bits per heavy atom. The maximum absolute atomic E-state index is 10.3. The molecular weight excluding hydrogens is 210 g/mol. The average Bonchev–Trinajstić information content (AvgIpc) is 2.22. The lowest BCUT2D eigenvalue weighted by molar-refractivity contribution is 0.157. The highest BCUT2D eigenvalue weighted by Crippen LogP contribution is 2.13. The minimum atomic E-state index is -0.793. The highest BCUT2D eigenvalue weighted by molar-refractivity contribution is 5.64. The van der Waals surface area contributed by atoms with Gasteiger partial charge in [-0.25, -0.2) is 4.79 Å². The fraction of sp³-hybridized carbons (Fsp3) is 0.400. The van der Waals surface area contributed by atoms with Crippen LogP contribution in [0.4, 0.5) is 4.79 Å². The molecule has 16 heavy (non-hydrogen) atoms. The molecule has 0 spiro atoms. The molecule has 0 radical (unpaired) electrons. The number of primary amides is 1. The highest BCUT2D eigenvalue weighted by Gasteiger charge is 2.02. The lowest BCUT2D eigenvalue weighted by atomic mass is 10.3. The minimum Gasteiger partial charge on any atom is -0.506 e. The number of hydrogen-bond donors (Lipinski definition) is 3. The molecule has 1 heterocycles. The summed E-state index contributed by atoms with van der Waals surface area (Å²) in [5.41, 5.74) is 6.19. The van der Waals surface area contributed by atoms with E-state index >= 15 is 0 Å². The van der Waals surface area contributed by atoms with Crippen molar-refractivity contribution >= 4 is 6.09 Å². The molecule has 6 heteroatoms. The molecule has 0 saturated heterocycles. The van der Waals surface area contributed by atoms with Crippen molar-refractivity contribution < 1.29 is 14.6 Å². The van der Waals surface area contributed by atoms with E-state index in [1.165, 1.54) is 0 Å². The molecule has 0 aromatic carbocycles. The van der Waals surface area contributed by atoms with E-state index < -0.39 is 6.09 Å². The highest BCUT2D eigenvalue weighted by atomic mass is 16.5. The van der Waals surface area contributed by atoms with Crippen molar-refractivity contribution in [3.63, 3.8) is 0 Å². The second kappa shape index (κ2) is 5.92. The van der Waals surface area contributed by atoms with Gasteiger partial charge in [0.2, 0.25) is 0 Å². The molecule has 0 aliphatic rings.